The second-order valence-electron chi connectivity index (χ2n) is 5.94. The van der Waals surface area contributed by atoms with E-state index in [0.29, 0.717) is 23.9 Å². The van der Waals surface area contributed by atoms with Gasteiger partial charge in [0.25, 0.3) is 0 Å². The number of carbonyl (C=O) groups excluding carboxylic acids is 1. The largest absolute Gasteiger partial charge is 0.434 e. The monoisotopic (exact) mass is 525 g/mol. The smallest absolute Gasteiger partial charge is 0.351 e. The minimum Gasteiger partial charge on any atom is -0.351 e. The molecular weight excluding hydrogens is 506 g/mol. The highest BCUT2D eigenvalue weighted by molar-refractivity contribution is 14.0. The van der Waals surface area contributed by atoms with Gasteiger partial charge in [0.05, 0.1) is 12.6 Å². The van der Waals surface area contributed by atoms with E-state index < -0.39 is 11.9 Å². The Kier molecular flexibility index (Phi) is 7.63. The summed E-state index contributed by atoms with van der Waals surface area (Å²) in [5.74, 6) is 0.412. The number of amides is 1. The summed E-state index contributed by atoms with van der Waals surface area (Å²) in [7, 11) is 1.56. The first-order chi connectivity index (χ1) is 12.9. The predicted molar refractivity (Wildman–Crippen MR) is 113 cm³/mol. The highest BCUT2D eigenvalue weighted by Gasteiger charge is 2.34. The maximum atomic E-state index is 12.6. The Morgan fingerprint density at radius 1 is 1.36 bits per heavy atom. The van der Waals surface area contributed by atoms with Gasteiger partial charge in [0.1, 0.15) is 5.01 Å². The Balaban J connectivity index is 0.00000280. The van der Waals surface area contributed by atoms with Crippen LogP contribution in [0.3, 0.4) is 0 Å². The van der Waals surface area contributed by atoms with Crippen molar-refractivity contribution in [2.45, 2.75) is 25.2 Å². The number of guanidine groups is 1. The van der Waals surface area contributed by atoms with E-state index >= 15 is 0 Å². The molecule has 1 aliphatic rings. The van der Waals surface area contributed by atoms with E-state index in [-0.39, 0.29) is 42.5 Å². The van der Waals surface area contributed by atoms with E-state index in [1.807, 2.05) is 30.3 Å². The first-order valence-corrected chi connectivity index (χ1v) is 9.09. The summed E-state index contributed by atoms with van der Waals surface area (Å²) >= 11 is 0.931. The first kappa shape index (κ1) is 22.4. The van der Waals surface area contributed by atoms with Crippen LogP contribution in [0.15, 0.2) is 40.7 Å². The van der Waals surface area contributed by atoms with Crippen molar-refractivity contribution in [1.82, 2.24) is 15.6 Å². The van der Waals surface area contributed by atoms with Crippen molar-refractivity contribution < 1.29 is 18.0 Å². The Bertz CT molecular complexity index is 828. The van der Waals surface area contributed by atoms with Crippen LogP contribution < -0.4 is 15.5 Å². The van der Waals surface area contributed by atoms with Crippen LogP contribution in [0.25, 0.3) is 0 Å². The van der Waals surface area contributed by atoms with Gasteiger partial charge in [0.15, 0.2) is 11.7 Å². The molecule has 2 N–H and O–H groups in total. The van der Waals surface area contributed by atoms with Crippen LogP contribution in [-0.2, 0) is 17.5 Å². The predicted octanol–water partition coefficient (Wildman–Crippen LogP) is 3.25. The maximum absolute atomic E-state index is 12.6. The standard InChI is InChI=1S/C17H18F3N5OS.HI/c1-21-16(22-8-14-24-13(10-27-14)17(18,19)20)23-11-7-15(26)25(9-11)12-5-3-2-4-6-12;/h2-6,10-11H,7-9H2,1H3,(H2,21,22,23);1H. The zero-order chi connectivity index (χ0) is 19.4. The first-order valence-electron chi connectivity index (χ1n) is 8.21. The average molecular weight is 525 g/mol. The summed E-state index contributed by atoms with van der Waals surface area (Å²) in [6, 6.07) is 9.21. The number of benzene rings is 1. The molecule has 1 aromatic heterocycles. The molecule has 1 fully saturated rings. The molecule has 1 unspecified atom stereocenters. The molecular formula is C17H19F3IN5OS. The van der Waals surface area contributed by atoms with Crippen molar-refractivity contribution in [3.05, 3.63) is 46.4 Å². The lowest BCUT2D eigenvalue weighted by molar-refractivity contribution is -0.140. The Morgan fingerprint density at radius 2 is 2.07 bits per heavy atom. The summed E-state index contributed by atoms with van der Waals surface area (Å²) in [4.78, 5) is 21.6. The molecule has 2 aromatic rings. The molecule has 0 spiro atoms. The van der Waals surface area contributed by atoms with Gasteiger partial charge < -0.3 is 15.5 Å². The lowest BCUT2D eigenvalue weighted by atomic mass is 10.2. The van der Waals surface area contributed by atoms with Gasteiger partial charge in [-0.15, -0.1) is 35.3 Å². The fourth-order valence-corrected chi connectivity index (χ4v) is 3.47. The molecule has 6 nitrogen and oxygen atoms in total. The molecule has 0 radical (unpaired) electrons. The van der Waals surface area contributed by atoms with Crippen molar-refractivity contribution in [2.24, 2.45) is 4.99 Å². The second kappa shape index (κ2) is 9.54. The number of halogens is 4. The minimum absolute atomic E-state index is 0. The van der Waals surface area contributed by atoms with Crippen molar-refractivity contribution in [3.63, 3.8) is 0 Å². The number of thiazole rings is 1. The summed E-state index contributed by atoms with van der Waals surface area (Å²) in [5.41, 5.74) is -0.0654. The fraction of sp³-hybridized carbons (Fsp3) is 0.353. The Morgan fingerprint density at radius 3 is 2.68 bits per heavy atom. The Labute approximate surface area is 181 Å². The van der Waals surface area contributed by atoms with E-state index in [4.69, 9.17) is 0 Å². The van der Waals surface area contributed by atoms with Crippen LogP contribution in [0.4, 0.5) is 18.9 Å². The van der Waals surface area contributed by atoms with Gasteiger partial charge in [-0.05, 0) is 12.1 Å². The van der Waals surface area contributed by atoms with E-state index in [9.17, 15) is 18.0 Å². The van der Waals surface area contributed by atoms with Crippen LogP contribution in [0.2, 0.25) is 0 Å². The number of carbonyl (C=O) groups is 1. The zero-order valence-electron chi connectivity index (χ0n) is 14.9. The summed E-state index contributed by atoms with van der Waals surface area (Å²) < 4.78 is 37.8. The maximum Gasteiger partial charge on any atom is 0.434 e. The van der Waals surface area contributed by atoms with Gasteiger partial charge in [-0.25, -0.2) is 4.98 Å². The van der Waals surface area contributed by atoms with Crippen molar-refractivity contribution in [2.75, 3.05) is 18.5 Å². The molecule has 1 atom stereocenters. The number of nitrogens with zero attached hydrogens (tertiary/aromatic N) is 3. The highest BCUT2D eigenvalue weighted by atomic mass is 127. The molecule has 152 valence electrons. The van der Waals surface area contributed by atoms with Gasteiger partial charge in [0.2, 0.25) is 5.91 Å². The highest BCUT2D eigenvalue weighted by Crippen LogP contribution is 2.29. The normalized spacial score (nSPS) is 17.4. The van der Waals surface area contributed by atoms with Crippen LogP contribution in [0.1, 0.15) is 17.1 Å². The number of aromatic nitrogens is 1. The van der Waals surface area contributed by atoms with Gasteiger partial charge in [-0.1, -0.05) is 18.2 Å². The van der Waals surface area contributed by atoms with E-state index in [2.05, 4.69) is 20.6 Å². The number of hydrogen-bond donors (Lipinski definition) is 2. The molecule has 2 heterocycles. The molecule has 11 heteroatoms. The van der Waals surface area contributed by atoms with Crippen LogP contribution in [0, 0.1) is 0 Å². The number of para-hydroxylation sites is 1. The number of anilines is 1. The van der Waals surface area contributed by atoms with Crippen molar-refractivity contribution in [3.8, 4) is 0 Å². The van der Waals surface area contributed by atoms with E-state index in [1.54, 1.807) is 11.9 Å². The van der Waals surface area contributed by atoms with Crippen LogP contribution in [0.5, 0.6) is 0 Å². The van der Waals surface area contributed by atoms with Crippen molar-refractivity contribution in [1.29, 1.82) is 0 Å². The summed E-state index contributed by atoms with van der Waals surface area (Å²) in [6.45, 7) is 0.600. The molecule has 1 amide bonds. The van der Waals surface area contributed by atoms with Crippen LogP contribution in [-0.4, -0.2) is 36.5 Å². The van der Waals surface area contributed by atoms with Gasteiger partial charge in [-0.2, -0.15) is 13.2 Å². The summed E-state index contributed by atoms with van der Waals surface area (Å²) in [5, 5.41) is 7.36. The molecule has 3 rings (SSSR count). The van der Waals surface area contributed by atoms with Crippen molar-refractivity contribution >= 4 is 52.9 Å². The number of rotatable bonds is 4. The van der Waals surface area contributed by atoms with E-state index in [1.165, 1.54) is 0 Å². The molecule has 1 saturated heterocycles. The quantitative estimate of drug-likeness (QED) is 0.366. The van der Waals surface area contributed by atoms with Gasteiger partial charge in [-0.3, -0.25) is 9.79 Å². The summed E-state index contributed by atoms with van der Waals surface area (Å²) in [6.07, 6.45) is -4.13. The number of nitrogens with one attached hydrogen (secondary N) is 2. The third-order valence-corrected chi connectivity index (χ3v) is 4.86. The van der Waals surface area contributed by atoms with E-state index in [0.717, 1.165) is 22.4 Å². The fourth-order valence-electron chi connectivity index (χ4n) is 2.73. The van der Waals surface area contributed by atoms with Crippen LogP contribution >= 0.6 is 35.3 Å². The second-order valence-corrected chi connectivity index (χ2v) is 6.88. The topological polar surface area (TPSA) is 69.6 Å². The average Bonchev–Trinajstić information content (AvgIpc) is 3.26. The lowest BCUT2D eigenvalue weighted by Gasteiger charge is -2.18. The number of alkyl halides is 3. The Hall–Kier alpha value is -1.89. The SMILES string of the molecule is CN=C(NCc1nc(C(F)(F)F)cs1)NC1CC(=O)N(c2ccccc2)C1.I. The number of aliphatic imine (C=N–C) groups is 1. The molecule has 1 aliphatic heterocycles. The minimum atomic E-state index is -4.44. The number of hydrogen-bond acceptors (Lipinski definition) is 4. The third-order valence-electron chi connectivity index (χ3n) is 4.01. The lowest BCUT2D eigenvalue weighted by Crippen LogP contribution is -2.44. The zero-order valence-corrected chi connectivity index (χ0v) is 18.0. The molecule has 1 aromatic carbocycles. The molecule has 0 saturated carbocycles. The van der Waals surface area contributed by atoms with Gasteiger partial charge >= 0.3 is 6.18 Å². The molecule has 28 heavy (non-hydrogen) atoms. The molecule has 0 aliphatic carbocycles. The van der Waals surface area contributed by atoms with Gasteiger partial charge in [0, 0.05) is 31.1 Å². The molecule has 0 bridgehead atoms. The third kappa shape index (κ3) is 5.56.